The van der Waals surface area contributed by atoms with E-state index in [9.17, 15) is 44.6 Å². The molecule has 2 aliphatic heterocycles. The number of anilines is 2. The molecular formula is C53H62N16O13. The number of carbonyl (C=O) groups excluding carboxylic acids is 1. The van der Waals surface area contributed by atoms with Gasteiger partial charge in [-0.25, -0.2) is 14.8 Å². The molecule has 6 rings (SSSR count). The van der Waals surface area contributed by atoms with Crippen LogP contribution in [0.4, 0.5) is 23.0 Å². The topological polar surface area (TPSA) is 428 Å². The van der Waals surface area contributed by atoms with Gasteiger partial charge in [0.05, 0.1) is 38.3 Å². The van der Waals surface area contributed by atoms with Crippen molar-refractivity contribution in [2.45, 2.75) is 20.9 Å². The number of carboxylic acids is 1. The van der Waals surface area contributed by atoms with Gasteiger partial charge in [0.25, 0.3) is 22.5 Å². The Balaban J connectivity index is -0.000000148. The number of nitrogens with two attached hydrogens (primary N) is 1. The minimum absolute atomic E-state index is 0. The number of terminal acetylenes is 1. The van der Waals surface area contributed by atoms with Gasteiger partial charge in [0.1, 0.15) is 17.7 Å². The number of rotatable bonds is 9. The van der Waals surface area contributed by atoms with Gasteiger partial charge in [-0.1, -0.05) is 43.7 Å². The van der Waals surface area contributed by atoms with Crippen molar-refractivity contribution in [1.82, 2.24) is 36.3 Å². The smallest absolute Gasteiger partial charge is 0.382 e. The van der Waals surface area contributed by atoms with Gasteiger partial charge in [-0.3, -0.25) is 50.6 Å². The number of aliphatic hydroxyl groups is 1. The molecule has 2 saturated heterocycles. The fourth-order valence-corrected chi connectivity index (χ4v) is 5.54. The highest BCUT2D eigenvalue weighted by molar-refractivity contribution is 5.87. The molecule has 0 bridgehead atoms. The maximum absolute atomic E-state index is 11.3. The minimum Gasteiger partial charge on any atom is -0.472 e. The predicted octanol–water partition coefficient (Wildman–Crippen LogP) is 3.53. The summed E-state index contributed by atoms with van der Waals surface area (Å²) in [6.07, 6.45) is 9.70. The number of aliphatic hydroxyl groups excluding tert-OH is 1. The first-order chi connectivity index (χ1) is 38.7. The molecule has 0 aliphatic carbocycles. The molecule has 4 heterocycles. The van der Waals surface area contributed by atoms with Crippen LogP contribution in [0, 0.1) is 145 Å². The highest BCUT2D eigenvalue weighted by Gasteiger charge is 2.21. The number of aromatic amines is 2. The van der Waals surface area contributed by atoms with Crippen LogP contribution in [0.2, 0.25) is 0 Å². The summed E-state index contributed by atoms with van der Waals surface area (Å²) in [5.74, 6) is 46.4. The van der Waals surface area contributed by atoms with Gasteiger partial charge in [0, 0.05) is 115 Å². The van der Waals surface area contributed by atoms with Crippen LogP contribution in [0.1, 0.15) is 38.8 Å². The Kier molecular flexibility index (Phi) is 40.1. The lowest BCUT2D eigenvalue weighted by Crippen LogP contribution is -2.46. The Bertz CT molecular complexity index is 3600. The number of para-hydroxylation sites is 2. The van der Waals surface area contributed by atoms with Crippen LogP contribution < -0.4 is 38.2 Å². The molecule has 2 fully saturated rings. The summed E-state index contributed by atoms with van der Waals surface area (Å²) >= 11 is 0. The van der Waals surface area contributed by atoms with Crippen LogP contribution in [0.5, 0.6) is 0 Å². The zero-order valence-corrected chi connectivity index (χ0v) is 42.6. The first-order valence-corrected chi connectivity index (χ1v) is 22.0. The van der Waals surface area contributed by atoms with E-state index >= 15 is 0 Å². The fraction of sp³-hybridized carbons (Fsp3) is 0.208. The van der Waals surface area contributed by atoms with Crippen LogP contribution in [0.25, 0.3) is 0 Å². The maximum atomic E-state index is 11.3. The van der Waals surface area contributed by atoms with E-state index < -0.39 is 15.9 Å². The molecule has 2 aromatic carbocycles. The third-order valence-electron chi connectivity index (χ3n) is 8.78. The summed E-state index contributed by atoms with van der Waals surface area (Å²) in [6.45, 7) is 8.98. The Morgan fingerprint density at radius 2 is 1.24 bits per heavy atom. The van der Waals surface area contributed by atoms with Crippen molar-refractivity contribution in [2.24, 2.45) is 21.5 Å². The summed E-state index contributed by atoms with van der Waals surface area (Å²) in [5.41, 5.74) is 0.576. The number of carboxylic acid groups (broad SMARTS) is 1. The van der Waals surface area contributed by atoms with Crippen LogP contribution in [-0.4, -0.2) is 120 Å². The summed E-state index contributed by atoms with van der Waals surface area (Å²) < 4.78 is 0. The lowest BCUT2D eigenvalue weighted by Gasteiger charge is -2.35. The Hall–Kier alpha value is -12.4. The minimum atomic E-state index is -1.24. The number of aliphatic carboxylic acids is 1. The Labute approximate surface area is 478 Å². The third-order valence-corrected chi connectivity index (χ3v) is 8.78. The van der Waals surface area contributed by atoms with Gasteiger partial charge < -0.3 is 51.6 Å². The normalized spacial score (nSPS) is 10.8. The average molecular weight is 1130 g/mol. The molecule has 29 nitrogen and oxygen atoms in total. The summed E-state index contributed by atoms with van der Waals surface area (Å²) in [7, 11) is 0. The number of carbonyl (C=O) groups is 2. The monoisotopic (exact) mass is 1130 g/mol. The van der Waals surface area contributed by atoms with Crippen LogP contribution in [0.15, 0.2) is 98.6 Å². The van der Waals surface area contributed by atoms with Gasteiger partial charge in [0.2, 0.25) is 10.4 Å². The number of aldehydes is 1. The average Bonchev–Trinajstić information content (AvgIpc) is 3.68. The second kappa shape index (κ2) is 45.9. The van der Waals surface area contributed by atoms with E-state index in [1.165, 1.54) is 55.2 Å². The highest BCUT2D eigenvalue weighted by atomic mass is 17.2. The van der Waals surface area contributed by atoms with Crippen molar-refractivity contribution in [1.29, 1.82) is 0 Å². The lowest BCUT2D eigenvalue weighted by atomic mass is 10.1. The number of nitro groups is 2. The molecule has 4 aromatic rings. The molecule has 82 heavy (non-hydrogen) atoms. The van der Waals surface area contributed by atoms with E-state index in [-0.39, 0.29) is 55.1 Å². The first-order valence-electron chi connectivity index (χ1n) is 22.0. The van der Waals surface area contributed by atoms with Gasteiger partial charge in [-0.05, 0) is 95.9 Å². The molecule has 2 aromatic heterocycles. The highest BCUT2D eigenvalue weighted by Crippen LogP contribution is 2.21. The molecule has 11 N–H and O–H groups in total. The number of hydrogen-bond donors (Lipinski definition) is 8. The van der Waals surface area contributed by atoms with Crippen LogP contribution >= 0.6 is 0 Å². The number of nitro benzene ring substituents is 2. The zero-order chi connectivity index (χ0) is 59.0. The summed E-state index contributed by atoms with van der Waals surface area (Å²) in [5, 5.41) is 64.5. The Morgan fingerprint density at radius 3 is 1.70 bits per heavy atom. The summed E-state index contributed by atoms with van der Waals surface area (Å²) in [6, 6.07) is 15.6. The van der Waals surface area contributed by atoms with E-state index in [0.29, 0.717) is 18.6 Å². The van der Waals surface area contributed by atoms with Gasteiger partial charge >= 0.3 is 5.97 Å². The van der Waals surface area contributed by atoms with Crippen LogP contribution in [0.3, 0.4) is 0 Å². The molecule has 29 heteroatoms. The van der Waals surface area contributed by atoms with E-state index in [1.807, 2.05) is 22.8 Å². The zero-order valence-electron chi connectivity index (χ0n) is 42.6. The first kappa shape index (κ1) is 71.7. The van der Waals surface area contributed by atoms with Gasteiger partial charge in [-0.15, -0.1) is 6.42 Å². The van der Waals surface area contributed by atoms with E-state index in [0.717, 1.165) is 63.7 Å². The molecule has 0 saturated carbocycles. The SMILES string of the molecule is C.C#CC#CC#CC#CC#CC#CC#CC.N.NN=NN=[N+]([O-])OO.O=C(O)C#CC#CC#CO.O=Cc1ccccc1[N+](=O)[O-].O=c1cc(N2CCN(Cc3ccccc3[N+](=O)[O-])CC2)nc[nH]1.O=c1cc(N2CCNCC2)nc[nH]1.[HH].[HH].[HH].[HH].[HH].[HH]. The second-order valence-corrected chi connectivity index (χ2v) is 13.8. The molecule has 2 aliphatic rings. The quantitative estimate of drug-likeness (QED) is 0.0226. The van der Waals surface area contributed by atoms with Gasteiger partial charge in [0.15, 0.2) is 6.29 Å². The largest absolute Gasteiger partial charge is 0.472 e. The number of nitrogens with one attached hydrogen (secondary N) is 3. The van der Waals surface area contributed by atoms with Crippen molar-refractivity contribution in [2.75, 3.05) is 62.2 Å². The third kappa shape index (κ3) is 33.5. The van der Waals surface area contributed by atoms with Crippen molar-refractivity contribution in [3.63, 3.8) is 0 Å². The number of benzene rings is 2. The summed E-state index contributed by atoms with van der Waals surface area (Å²) in [4.78, 5) is 85.2. The van der Waals surface area contributed by atoms with E-state index in [1.54, 1.807) is 31.0 Å². The van der Waals surface area contributed by atoms with Crippen molar-refractivity contribution < 1.29 is 53.5 Å². The fourth-order valence-electron chi connectivity index (χ4n) is 5.54. The predicted molar refractivity (Wildman–Crippen MR) is 311 cm³/mol. The number of hydrogen-bond acceptors (Lipinski definition) is 20. The molecular weight excluding hydrogens is 1070 g/mol. The molecule has 0 spiro atoms. The number of nitrogens with zero attached hydrogens (tertiary/aromatic N) is 11. The number of aromatic nitrogens is 4. The molecule has 432 valence electrons. The maximum Gasteiger partial charge on any atom is 0.382 e. The van der Waals surface area contributed by atoms with Crippen molar-refractivity contribution >= 4 is 35.3 Å². The van der Waals surface area contributed by atoms with Crippen molar-refractivity contribution in [3.8, 4) is 119 Å². The van der Waals surface area contributed by atoms with Crippen LogP contribution in [-0.2, 0) is 16.3 Å². The number of H-pyrrole nitrogens is 2. The Morgan fingerprint density at radius 1 is 0.768 bits per heavy atom. The standard InChI is InChI=1S/C15H17N5O3.C15H4.C8H12N4O.C7H5NO3.C7H2O3.CH4.H3N5O3.H3N.6H2/c21-15-9-14(16-11-17-15)19-7-5-18(6-8-19)10-12-3-1-2-4-13(12)20(22)23;1-3-5-7-9-11-13-15-14-12-10-8-6-4-2;13-8-5-7(10-6-11-8)12-3-1-9-2-4-12;9-5-6-3-1-2-4-7(6)8(10)11;8-6-4-2-1-3-5-7(9)10;;1-2-3-4-5(6)8-7;;;;;;;/h1-4,9,11H,5-8,10H2,(H,16,17,21);1H,2H3;5-6,9H,1-4H2,(H,10,11,13);1-5H;8H,(H,9,10);1H4;7H,(H2,1,3);1H3;6*1H. The number of piperazine rings is 2. The molecule has 0 unspecified atom stereocenters. The molecule has 0 radical (unpaired) electrons. The van der Waals surface area contributed by atoms with E-state index in [2.05, 4.69) is 150 Å². The molecule has 0 atom stereocenters. The second-order valence-electron chi connectivity index (χ2n) is 13.8. The van der Waals surface area contributed by atoms with Crippen molar-refractivity contribution in [3.05, 3.63) is 131 Å². The lowest BCUT2D eigenvalue weighted by molar-refractivity contribution is -0.873. The van der Waals surface area contributed by atoms with Gasteiger partial charge in [-0.2, -0.15) is 0 Å². The van der Waals surface area contributed by atoms with E-state index in [4.69, 9.17) is 21.9 Å². The molecule has 0 amide bonds.